The van der Waals surface area contributed by atoms with Crippen LogP contribution in [-0.2, 0) is 13.5 Å². The SMILES string of the molecule is CCc1c(C)cc(C(=O)N2CCCC(N(C)C)CC2)c(=O)n1C. The van der Waals surface area contributed by atoms with E-state index in [0.29, 0.717) is 11.6 Å². The highest BCUT2D eigenvalue weighted by atomic mass is 16.2. The Balaban J connectivity index is 2.26. The van der Waals surface area contributed by atoms with E-state index >= 15 is 0 Å². The number of carbonyl (C=O) groups excluding carboxylic acids is 1. The zero-order valence-electron chi connectivity index (χ0n) is 15.1. The summed E-state index contributed by atoms with van der Waals surface area (Å²) < 4.78 is 1.63. The fourth-order valence-corrected chi connectivity index (χ4v) is 3.57. The van der Waals surface area contributed by atoms with Crippen molar-refractivity contribution in [2.24, 2.45) is 7.05 Å². The molecule has 2 heterocycles. The summed E-state index contributed by atoms with van der Waals surface area (Å²) in [7, 11) is 5.94. The van der Waals surface area contributed by atoms with Crippen LogP contribution in [0, 0.1) is 6.92 Å². The molecule has 5 heteroatoms. The van der Waals surface area contributed by atoms with E-state index in [1.165, 1.54) is 0 Å². The van der Waals surface area contributed by atoms with E-state index in [0.717, 1.165) is 50.0 Å². The van der Waals surface area contributed by atoms with E-state index in [1.54, 1.807) is 17.7 Å². The van der Waals surface area contributed by atoms with E-state index < -0.39 is 0 Å². The molecule has 0 spiro atoms. The molecule has 1 amide bonds. The van der Waals surface area contributed by atoms with Crippen LogP contribution in [0.25, 0.3) is 0 Å². The summed E-state index contributed by atoms with van der Waals surface area (Å²) in [6.07, 6.45) is 3.84. The molecule has 1 unspecified atom stereocenters. The van der Waals surface area contributed by atoms with Crippen molar-refractivity contribution in [2.45, 2.75) is 45.6 Å². The zero-order valence-corrected chi connectivity index (χ0v) is 15.1. The van der Waals surface area contributed by atoms with Crippen molar-refractivity contribution >= 4 is 5.91 Å². The first-order valence-corrected chi connectivity index (χ1v) is 8.52. The van der Waals surface area contributed by atoms with Gasteiger partial charge in [0.1, 0.15) is 5.56 Å². The van der Waals surface area contributed by atoms with E-state index in [1.807, 2.05) is 18.7 Å². The minimum atomic E-state index is -0.175. The third-order valence-corrected chi connectivity index (χ3v) is 5.04. The van der Waals surface area contributed by atoms with Gasteiger partial charge in [-0.05, 0) is 58.3 Å². The molecule has 0 aromatic carbocycles. The van der Waals surface area contributed by atoms with Gasteiger partial charge in [0, 0.05) is 31.9 Å². The summed E-state index contributed by atoms with van der Waals surface area (Å²) in [6.45, 7) is 5.46. The monoisotopic (exact) mass is 319 g/mol. The van der Waals surface area contributed by atoms with Crippen molar-refractivity contribution < 1.29 is 4.79 Å². The predicted octanol–water partition coefficient (Wildman–Crippen LogP) is 1.81. The predicted molar refractivity (Wildman–Crippen MR) is 93.0 cm³/mol. The molecule has 0 bridgehead atoms. The lowest BCUT2D eigenvalue weighted by Gasteiger charge is -2.23. The Kier molecular flexibility index (Phi) is 5.63. The summed E-state index contributed by atoms with van der Waals surface area (Å²) in [6, 6.07) is 2.29. The summed E-state index contributed by atoms with van der Waals surface area (Å²) in [5.41, 5.74) is 2.14. The minimum Gasteiger partial charge on any atom is -0.338 e. The second-order valence-corrected chi connectivity index (χ2v) is 6.75. The highest BCUT2D eigenvalue weighted by molar-refractivity contribution is 5.94. The molecule has 1 aromatic heterocycles. The van der Waals surface area contributed by atoms with Crippen molar-refractivity contribution in [3.8, 4) is 0 Å². The van der Waals surface area contributed by atoms with Crippen molar-refractivity contribution in [1.29, 1.82) is 0 Å². The van der Waals surface area contributed by atoms with Crippen molar-refractivity contribution in [2.75, 3.05) is 27.2 Å². The van der Waals surface area contributed by atoms with Crippen molar-refractivity contribution in [1.82, 2.24) is 14.4 Å². The van der Waals surface area contributed by atoms with Crippen LogP contribution in [0.1, 0.15) is 47.8 Å². The fraction of sp³-hybridized carbons (Fsp3) is 0.667. The van der Waals surface area contributed by atoms with Crippen LogP contribution in [0.3, 0.4) is 0 Å². The van der Waals surface area contributed by atoms with Crippen LogP contribution >= 0.6 is 0 Å². The largest absolute Gasteiger partial charge is 0.338 e. The van der Waals surface area contributed by atoms with Gasteiger partial charge in [0.15, 0.2) is 0 Å². The average molecular weight is 319 g/mol. The van der Waals surface area contributed by atoms with Crippen LogP contribution in [-0.4, -0.2) is 53.5 Å². The Morgan fingerprint density at radius 2 is 2.00 bits per heavy atom. The van der Waals surface area contributed by atoms with Gasteiger partial charge in [0.25, 0.3) is 11.5 Å². The molecule has 1 aromatic rings. The van der Waals surface area contributed by atoms with Gasteiger partial charge in [-0.2, -0.15) is 0 Å². The van der Waals surface area contributed by atoms with Gasteiger partial charge in [0.2, 0.25) is 0 Å². The number of pyridine rings is 1. The number of likely N-dealkylation sites (tertiary alicyclic amines) is 1. The minimum absolute atomic E-state index is 0.115. The fourth-order valence-electron chi connectivity index (χ4n) is 3.57. The standard InChI is InChI=1S/C18H29N3O2/c1-6-16-13(2)12-15(17(22)20(16)5)18(23)21-10-7-8-14(9-11-21)19(3)4/h12,14H,6-11H2,1-5H3. The van der Waals surface area contributed by atoms with E-state index in [9.17, 15) is 9.59 Å². The second-order valence-electron chi connectivity index (χ2n) is 6.75. The van der Waals surface area contributed by atoms with Crippen LogP contribution in [0.2, 0.25) is 0 Å². The van der Waals surface area contributed by atoms with Gasteiger partial charge >= 0.3 is 0 Å². The first kappa shape index (κ1) is 17.7. The maximum Gasteiger partial charge on any atom is 0.263 e. The molecule has 0 aliphatic carbocycles. The van der Waals surface area contributed by atoms with Gasteiger partial charge < -0.3 is 14.4 Å². The number of nitrogens with zero attached hydrogens (tertiary/aromatic N) is 3. The second kappa shape index (κ2) is 7.30. The summed E-state index contributed by atoms with van der Waals surface area (Å²) in [4.78, 5) is 29.5. The molecule has 128 valence electrons. The number of hydrogen-bond donors (Lipinski definition) is 0. The lowest BCUT2D eigenvalue weighted by molar-refractivity contribution is 0.0756. The first-order valence-electron chi connectivity index (χ1n) is 8.52. The molecule has 1 atom stereocenters. The number of hydrogen-bond acceptors (Lipinski definition) is 3. The van der Waals surface area contributed by atoms with E-state index in [2.05, 4.69) is 19.0 Å². The molecule has 1 aliphatic rings. The topological polar surface area (TPSA) is 45.6 Å². The Bertz CT molecular complexity index is 634. The average Bonchev–Trinajstić information content (AvgIpc) is 2.77. The van der Waals surface area contributed by atoms with Crippen LogP contribution in [0.5, 0.6) is 0 Å². The highest BCUT2D eigenvalue weighted by Crippen LogP contribution is 2.17. The summed E-state index contributed by atoms with van der Waals surface area (Å²) in [5.74, 6) is -0.115. The zero-order chi connectivity index (χ0) is 17.1. The third-order valence-electron chi connectivity index (χ3n) is 5.04. The Morgan fingerprint density at radius 3 is 2.61 bits per heavy atom. The van der Waals surface area contributed by atoms with Crippen LogP contribution < -0.4 is 5.56 Å². The Morgan fingerprint density at radius 1 is 1.30 bits per heavy atom. The van der Waals surface area contributed by atoms with E-state index in [-0.39, 0.29) is 11.5 Å². The normalized spacial score (nSPS) is 19.0. The molecule has 2 rings (SSSR count). The highest BCUT2D eigenvalue weighted by Gasteiger charge is 2.25. The smallest absolute Gasteiger partial charge is 0.263 e. The maximum atomic E-state index is 12.9. The summed E-state index contributed by atoms with van der Waals surface area (Å²) >= 11 is 0. The van der Waals surface area contributed by atoms with Crippen molar-refractivity contribution in [3.05, 3.63) is 33.2 Å². The molecule has 1 saturated heterocycles. The van der Waals surface area contributed by atoms with Gasteiger partial charge in [-0.3, -0.25) is 9.59 Å². The first-order chi connectivity index (χ1) is 10.9. The number of amides is 1. The van der Waals surface area contributed by atoms with Crippen molar-refractivity contribution in [3.63, 3.8) is 0 Å². The lowest BCUT2D eigenvalue weighted by Crippen LogP contribution is -2.38. The Labute approximate surface area is 138 Å². The maximum absolute atomic E-state index is 12.9. The lowest BCUT2D eigenvalue weighted by atomic mass is 10.1. The molecule has 0 N–H and O–H groups in total. The molecule has 0 radical (unpaired) electrons. The van der Waals surface area contributed by atoms with Crippen LogP contribution in [0.15, 0.2) is 10.9 Å². The molecular formula is C18H29N3O2. The van der Waals surface area contributed by atoms with Gasteiger partial charge in [-0.15, -0.1) is 0 Å². The Hall–Kier alpha value is -1.62. The number of carbonyl (C=O) groups is 1. The molecule has 5 nitrogen and oxygen atoms in total. The molecular weight excluding hydrogens is 290 g/mol. The summed E-state index contributed by atoms with van der Waals surface area (Å²) in [5, 5.41) is 0. The third kappa shape index (κ3) is 3.66. The number of aryl methyl sites for hydroxylation is 1. The molecule has 0 saturated carbocycles. The quantitative estimate of drug-likeness (QED) is 0.853. The van der Waals surface area contributed by atoms with Gasteiger partial charge in [-0.1, -0.05) is 6.92 Å². The molecule has 1 fully saturated rings. The molecule has 1 aliphatic heterocycles. The number of rotatable bonds is 3. The van der Waals surface area contributed by atoms with Gasteiger partial charge in [0.05, 0.1) is 0 Å². The van der Waals surface area contributed by atoms with Crippen LogP contribution in [0.4, 0.5) is 0 Å². The molecule has 23 heavy (non-hydrogen) atoms. The van der Waals surface area contributed by atoms with E-state index in [4.69, 9.17) is 0 Å². The van der Waals surface area contributed by atoms with Gasteiger partial charge in [-0.25, -0.2) is 0 Å². The number of aromatic nitrogens is 1.